The quantitative estimate of drug-likeness (QED) is 0.0142. The number of carbonyl (C=O) groups is 18. The Labute approximate surface area is 628 Å². The summed E-state index contributed by atoms with van der Waals surface area (Å²) in [4.78, 5) is 242. The second-order valence-corrected chi connectivity index (χ2v) is 25.7. The van der Waals surface area contributed by atoms with Crippen LogP contribution in [0.1, 0.15) is 110 Å². The molecule has 0 radical (unpaired) electrons. The first kappa shape index (κ1) is 91.6. The minimum Gasteiger partial charge on any atom is -0.508 e. The molecule has 14 atom stereocenters. The Morgan fingerprint density at radius 2 is 0.845 bits per heavy atom. The normalized spacial score (nSPS) is 14.8. The molecule has 0 aliphatic carbocycles. The van der Waals surface area contributed by atoms with Crippen LogP contribution in [-0.4, -0.2) is 241 Å². The molecule has 0 fully saturated rings. The van der Waals surface area contributed by atoms with Crippen molar-refractivity contribution in [2.24, 2.45) is 28.9 Å². The summed E-state index contributed by atoms with van der Waals surface area (Å²) in [5.41, 5.74) is 22.8. The van der Waals surface area contributed by atoms with Gasteiger partial charge in [0.15, 0.2) is 5.96 Å². The fourth-order valence-corrected chi connectivity index (χ4v) is 10.5. The second-order valence-electron chi connectivity index (χ2n) is 25.7. The maximum absolute atomic E-state index is 14.6. The Balaban J connectivity index is 1.97. The molecular formula is C67H98N20O23. The summed E-state index contributed by atoms with van der Waals surface area (Å²) in [6.07, 6.45) is -4.11. The number of aliphatic carboxylic acids is 2. The highest BCUT2D eigenvalue weighted by Gasteiger charge is 2.38. The van der Waals surface area contributed by atoms with Crippen LogP contribution in [0.5, 0.6) is 5.75 Å². The zero-order valence-electron chi connectivity index (χ0n) is 61.1. The van der Waals surface area contributed by atoms with E-state index in [0.29, 0.717) is 28.5 Å². The number of carboxylic acid groups (broad SMARTS) is 2. The lowest BCUT2D eigenvalue weighted by molar-refractivity contribution is -0.140. The standard InChI is InChI=1S/C67H98N20O23/c1-7-30(2)53(66(110)82-43(54(70)98)25-49(68)92)87-57(101)33(5)75-55(99)31(3)76-61(105)44(23-35-14-16-37(91)17-15-35)83-63(107)46(26-50(69)93)85-58(102)40(13-10-22-73-67(71)72)79-56(100)32(4)77-62(106)45(24-36-27-74-39-12-9-8-11-38(36)39)84-60(104)42(19-21-52(96)97)80-59(103)41(18-20-51(94)95)81-65(109)48(29-89)86-64(108)47(28-88)78-34(6)90/h8-9,11-12,14-17,27,30-33,40-48,53,74,88-89,91H,7,10,13,18-26,28-29H2,1-6H3,(H2,68,92)(H2,69,93)(H2,70,98)(H,75,99)(H,76,105)(H,77,106)(H,78,90)(H,79,100)(H,80,103)(H,81,109)(H,82,110)(H,83,107)(H,84,104)(H,85,102)(H,86,108)(H,87,101)(H,94,95)(H,96,97)(H4,71,72,73)/t30-,31-,32-,33-,40-,41-,42-,43-,44-,45-,46-,47-,48-,53-/m0/s1. The first-order chi connectivity index (χ1) is 51.7. The van der Waals surface area contributed by atoms with Crippen LogP contribution in [-0.2, 0) is 99.1 Å². The lowest BCUT2D eigenvalue weighted by Crippen LogP contribution is -2.61. The van der Waals surface area contributed by atoms with Crippen molar-refractivity contribution < 1.29 is 112 Å². The molecular weight excluding hydrogens is 1450 g/mol. The number of nitrogens with two attached hydrogens (primary N) is 4. The van der Waals surface area contributed by atoms with Gasteiger partial charge in [-0.3, -0.25) is 91.7 Å². The Morgan fingerprint density at radius 1 is 0.455 bits per heavy atom. The number of aromatic nitrogens is 1. The van der Waals surface area contributed by atoms with Gasteiger partial charge in [-0.1, -0.05) is 50.6 Å². The van der Waals surface area contributed by atoms with Gasteiger partial charge in [0.2, 0.25) is 94.5 Å². The highest BCUT2D eigenvalue weighted by Crippen LogP contribution is 2.20. The number of para-hydroxylation sites is 1. The van der Waals surface area contributed by atoms with E-state index in [4.69, 9.17) is 28.3 Å². The largest absolute Gasteiger partial charge is 0.508 e. The molecule has 29 N–H and O–H groups in total. The lowest BCUT2D eigenvalue weighted by atomic mass is 9.97. The number of carboxylic acids is 2. The predicted octanol–water partition coefficient (Wildman–Crippen LogP) is -8.70. The molecule has 0 spiro atoms. The van der Waals surface area contributed by atoms with E-state index in [9.17, 15) is 112 Å². The molecule has 604 valence electrons. The number of phenolic OH excluding ortho intramolecular Hbond substituents is 1. The van der Waals surface area contributed by atoms with Gasteiger partial charge < -0.3 is 128 Å². The third-order valence-corrected chi connectivity index (χ3v) is 16.8. The average Bonchev–Trinajstić information content (AvgIpc) is 1.64. The van der Waals surface area contributed by atoms with Crippen LogP contribution in [0, 0.1) is 11.3 Å². The maximum Gasteiger partial charge on any atom is 0.303 e. The van der Waals surface area contributed by atoms with E-state index in [1.807, 2.05) is 0 Å². The molecule has 16 amide bonds. The van der Waals surface area contributed by atoms with E-state index >= 15 is 0 Å². The number of fused-ring (bicyclic) bond motifs is 1. The molecule has 1 heterocycles. The van der Waals surface area contributed by atoms with Crippen molar-refractivity contribution in [2.45, 2.75) is 191 Å². The zero-order valence-corrected chi connectivity index (χ0v) is 61.1. The number of H-pyrrole nitrogens is 1. The van der Waals surface area contributed by atoms with Crippen molar-refractivity contribution in [2.75, 3.05) is 19.8 Å². The number of carbonyl (C=O) groups excluding carboxylic acids is 16. The van der Waals surface area contributed by atoms with Crippen molar-refractivity contribution >= 4 is 123 Å². The first-order valence-electron chi connectivity index (χ1n) is 34.5. The van der Waals surface area contributed by atoms with Crippen LogP contribution >= 0.6 is 0 Å². The van der Waals surface area contributed by atoms with Crippen LogP contribution in [0.15, 0.2) is 54.7 Å². The number of guanidine groups is 1. The van der Waals surface area contributed by atoms with Gasteiger partial charge in [0.05, 0.1) is 26.1 Å². The number of primary amides is 3. The third-order valence-electron chi connectivity index (χ3n) is 16.8. The zero-order chi connectivity index (χ0) is 82.8. The van der Waals surface area contributed by atoms with Crippen molar-refractivity contribution in [1.82, 2.24) is 79.4 Å². The molecule has 2 aromatic carbocycles. The van der Waals surface area contributed by atoms with Crippen molar-refractivity contribution in [3.05, 3.63) is 65.9 Å². The highest BCUT2D eigenvalue weighted by molar-refractivity contribution is 6.01. The van der Waals surface area contributed by atoms with E-state index in [1.54, 1.807) is 38.1 Å². The van der Waals surface area contributed by atoms with Gasteiger partial charge in [-0.05, 0) is 81.7 Å². The van der Waals surface area contributed by atoms with E-state index < -0.39 is 261 Å². The number of rotatable bonds is 48. The number of aliphatic hydroxyl groups is 2. The number of hydrogen-bond acceptors (Lipinski definition) is 22. The minimum absolute atomic E-state index is 0.0665. The summed E-state index contributed by atoms with van der Waals surface area (Å²) in [7, 11) is 0. The van der Waals surface area contributed by atoms with E-state index in [-0.39, 0.29) is 25.1 Å². The fourth-order valence-electron chi connectivity index (χ4n) is 10.5. The number of hydrogen-bond donors (Lipinski definition) is 25. The first-order valence-corrected chi connectivity index (χ1v) is 34.5. The van der Waals surface area contributed by atoms with Gasteiger partial charge in [-0.15, -0.1) is 0 Å². The van der Waals surface area contributed by atoms with E-state index in [1.165, 1.54) is 44.3 Å². The monoisotopic (exact) mass is 1550 g/mol. The molecule has 43 heteroatoms. The summed E-state index contributed by atoms with van der Waals surface area (Å²) in [5.74, 6) is -21.8. The molecule has 0 aliphatic heterocycles. The topological polar surface area (TPSA) is 721 Å². The number of phenols is 1. The van der Waals surface area contributed by atoms with E-state index in [0.717, 1.165) is 13.8 Å². The molecule has 0 saturated heterocycles. The molecule has 110 heavy (non-hydrogen) atoms. The number of aromatic amines is 1. The van der Waals surface area contributed by atoms with Gasteiger partial charge in [-0.2, -0.15) is 0 Å². The average molecular weight is 1550 g/mol. The highest BCUT2D eigenvalue weighted by atomic mass is 16.4. The number of nitrogens with one attached hydrogen (secondary N) is 16. The van der Waals surface area contributed by atoms with Crippen molar-refractivity contribution in [1.29, 1.82) is 5.41 Å². The van der Waals surface area contributed by atoms with Crippen LogP contribution in [0.25, 0.3) is 10.9 Å². The fraction of sp³-hybridized carbons (Fsp3) is 0.507. The maximum atomic E-state index is 14.6. The second kappa shape index (κ2) is 45.2. The third kappa shape index (κ3) is 31.5. The molecule has 0 bridgehead atoms. The molecule has 0 unspecified atom stereocenters. The van der Waals surface area contributed by atoms with Crippen molar-refractivity contribution in [3.63, 3.8) is 0 Å². The molecule has 0 aliphatic rings. The Kier molecular flexibility index (Phi) is 37.6. The lowest BCUT2D eigenvalue weighted by Gasteiger charge is -2.28. The number of aliphatic hydroxyl groups excluding tert-OH is 2. The summed E-state index contributed by atoms with van der Waals surface area (Å²) < 4.78 is 0. The van der Waals surface area contributed by atoms with Gasteiger partial charge in [0.25, 0.3) is 0 Å². The molecule has 3 aromatic rings. The van der Waals surface area contributed by atoms with Crippen molar-refractivity contribution in [3.8, 4) is 5.75 Å². The van der Waals surface area contributed by atoms with Gasteiger partial charge in [0, 0.05) is 56.3 Å². The van der Waals surface area contributed by atoms with Crippen LogP contribution in [0.2, 0.25) is 0 Å². The molecule has 1 aromatic heterocycles. The van der Waals surface area contributed by atoms with E-state index in [2.05, 4.69) is 79.4 Å². The Bertz CT molecular complexity index is 3840. The van der Waals surface area contributed by atoms with Gasteiger partial charge in [0.1, 0.15) is 84.3 Å². The Hall–Kier alpha value is -12.6. The minimum atomic E-state index is -1.96. The summed E-state index contributed by atoms with van der Waals surface area (Å²) in [6, 6.07) is -9.95. The number of aromatic hydroxyl groups is 1. The summed E-state index contributed by atoms with van der Waals surface area (Å²) in [6.45, 7) is 5.67. The SMILES string of the molecule is CC[C@H](C)[C@H](NC(=O)[C@H](C)NC(=O)[C@H](C)NC(=O)[C@H](Cc1ccc(O)cc1)NC(=O)[C@H](CC(N)=O)NC(=O)[C@H](CCCNC(=N)N)NC(=O)[C@H](C)NC(=O)[C@H](Cc1c[nH]c2ccccc12)NC(=O)[C@H](CCC(=O)O)NC(=O)[C@H](CCC(=O)O)NC(=O)[C@H](CO)NC(=O)[C@H](CO)NC(C)=O)C(=O)N[C@@H](CC(N)=O)C(N)=O. The molecule has 3 rings (SSSR count). The van der Waals surface area contributed by atoms with Crippen LogP contribution < -0.4 is 97.4 Å². The molecule has 0 saturated carbocycles. The predicted molar refractivity (Wildman–Crippen MR) is 385 cm³/mol. The van der Waals surface area contributed by atoms with Gasteiger partial charge in [-0.25, -0.2) is 0 Å². The summed E-state index contributed by atoms with van der Waals surface area (Å²) in [5, 5.41) is 89.8. The number of amides is 16. The van der Waals surface area contributed by atoms with Crippen LogP contribution in [0.3, 0.4) is 0 Å². The van der Waals surface area contributed by atoms with Crippen LogP contribution in [0.4, 0.5) is 0 Å². The number of benzene rings is 2. The summed E-state index contributed by atoms with van der Waals surface area (Å²) >= 11 is 0. The smallest absolute Gasteiger partial charge is 0.303 e. The Morgan fingerprint density at radius 3 is 1.32 bits per heavy atom. The molecule has 43 nitrogen and oxygen atoms in total. The van der Waals surface area contributed by atoms with Gasteiger partial charge >= 0.3 is 11.9 Å².